The Morgan fingerprint density at radius 3 is 2.62 bits per heavy atom. The van der Waals surface area contributed by atoms with E-state index >= 15 is 0 Å². The summed E-state index contributed by atoms with van der Waals surface area (Å²) in [5.41, 5.74) is 0. The second-order valence-electron chi connectivity index (χ2n) is 3.69. The van der Waals surface area contributed by atoms with Crippen molar-refractivity contribution < 1.29 is 0 Å². The first kappa shape index (κ1) is 13.5. The highest BCUT2D eigenvalue weighted by molar-refractivity contribution is 6.32. The third-order valence-corrected chi connectivity index (χ3v) is 3.48. The third kappa shape index (κ3) is 3.80. The summed E-state index contributed by atoms with van der Waals surface area (Å²) in [6, 6.07) is 0. The Morgan fingerprint density at radius 1 is 1.38 bits per heavy atom. The van der Waals surface area contributed by atoms with Gasteiger partial charge in [-0.15, -0.1) is 11.6 Å². The molecule has 1 aromatic heterocycles. The summed E-state index contributed by atoms with van der Waals surface area (Å²) in [5.74, 6) is 1.17. The van der Waals surface area contributed by atoms with E-state index in [4.69, 9.17) is 23.2 Å². The van der Waals surface area contributed by atoms with Crippen molar-refractivity contribution in [1.29, 1.82) is 0 Å². The van der Waals surface area contributed by atoms with Gasteiger partial charge in [-0.3, -0.25) is 0 Å². The van der Waals surface area contributed by atoms with Crippen molar-refractivity contribution in [3.05, 3.63) is 17.5 Å². The van der Waals surface area contributed by atoms with Gasteiger partial charge >= 0.3 is 0 Å². The number of alkyl halides is 1. The van der Waals surface area contributed by atoms with Crippen molar-refractivity contribution in [3.8, 4) is 0 Å². The molecule has 5 heteroatoms. The van der Waals surface area contributed by atoms with Crippen molar-refractivity contribution in [1.82, 2.24) is 9.97 Å². The number of nitrogens with one attached hydrogen (secondary N) is 1. The topological polar surface area (TPSA) is 37.8 Å². The summed E-state index contributed by atoms with van der Waals surface area (Å²) in [4.78, 5) is 7.87. The van der Waals surface area contributed by atoms with E-state index in [1.54, 1.807) is 6.20 Å². The molecule has 0 saturated heterocycles. The second-order valence-corrected chi connectivity index (χ2v) is 4.66. The summed E-state index contributed by atoms with van der Waals surface area (Å²) in [6.07, 6.45) is 5.21. The van der Waals surface area contributed by atoms with Crippen LogP contribution < -0.4 is 5.32 Å². The van der Waals surface area contributed by atoms with Crippen LogP contribution in [0.2, 0.25) is 5.02 Å². The SMILES string of the molecule is CCC(CC)C(Cl)CNc1ncncc1Cl. The molecule has 0 radical (unpaired) electrons. The number of anilines is 1. The number of rotatable bonds is 6. The second kappa shape index (κ2) is 6.92. The Labute approximate surface area is 107 Å². The molecule has 0 fully saturated rings. The van der Waals surface area contributed by atoms with E-state index in [0.29, 0.717) is 23.3 Å². The monoisotopic (exact) mass is 261 g/mol. The van der Waals surface area contributed by atoms with E-state index in [2.05, 4.69) is 29.1 Å². The quantitative estimate of drug-likeness (QED) is 0.796. The van der Waals surface area contributed by atoms with Crippen molar-refractivity contribution in [3.63, 3.8) is 0 Å². The lowest BCUT2D eigenvalue weighted by atomic mass is 9.99. The van der Waals surface area contributed by atoms with Gasteiger partial charge in [-0.05, 0) is 5.92 Å². The normalized spacial score (nSPS) is 12.8. The maximum absolute atomic E-state index is 6.30. The predicted molar refractivity (Wildman–Crippen MR) is 69.2 cm³/mol. The largest absolute Gasteiger partial charge is 0.367 e. The van der Waals surface area contributed by atoms with Crippen LogP contribution in [0.4, 0.5) is 5.82 Å². The van der Waals surface area contributed by atoms with Gasteiger partial charge in [0.2, 0.25) is 0 Å². The molecule has 1 heterocycles. The third-order valence-electron chi connectivity index (χ3n) is 2.69. The first-order chi connectivity index (χ1) is 7.69. The van der Waals surface area contributed by atoms with Gasteiger partial charge in [-0.25, -0.2) is 9.97 Å². The van der Waals surface area contributed by atoms with Gasteiger partial charge in [-0.2, -0.15) is 0 Å². The molecule has 0 spiro atoms. The van der Waals surface area contributed by atoms with Crippen LogP contribution in [0.1, 0.15) is 26.7 Å². The fourth-order valence-corrected chi connectivity index (χ4v) is 2.21. The highest BCUT2D eigenvalue weighted by Crippen LogP contribution is 2.21. The van der Waals surface area contributed by atoms with Crippen molar-refractivity contribution in [2.45, 2.75) is 32.1 Å². The van der Waals surface area contributed by atoms with Gasteiger partial charge in [0.05, 0.1) is 11.6 Å². The minimum absolute atomic E-state index is 0.0982. The fraction of sp³-hybridized carbons (Fsp3) is 0.636. The van der Waals surface area contributed by atoms with Crippen LogP contribution >= 0.6 is 23.2 Å². The maximum atomic E-state index is 6.30. The molecule has 1 rings (SSSR count). The Bertz CT molecular complexity index is 316. The molecular formula is C11H17Cl2N3. The van der Waals surface area contributed by atoms with Crippen molar-refractivity contribution in [2.75, 3.05) is 11.9 Å². The smallest absolute Gasteiger partial charge is 0.148 e. The van der Waals surface area contributed by atoms with E-state index in [0.717, 1.165) is 12.8 Å². The lowest BCUT2D eigenvalue weighted by Gasteiger charge is -2.19. The maximum Gasteiger partial charge on any atom is 0.148 e. The number of aromatic nitrogens is 2. The lowest BCUT2D eigenvalue weighted by Crippen LogP contribution is -2.23. The first-order valence-corrected chi connectivity index (χ1v) is 6.33. The van der Waals surface area contributed by atoms with Crippen LogP contribution in [0.25, 0.3) is 0 Å². The van der Waals surface area contributed by atoms with E-state index in [1.165, 1.54) is 6.33 Å². The molecule has 0 saturated carbocycles. The van der Waals surface area contributed by atoms with Crippen molar-refractivity contribution >= 4 is 29.0 Å². The molecule has 1 N–H and O–H groups in total. The molecule has 1 atom stereocenters. The highest BCUT2D eigenvalue weighted by atomic mass is 35.5. The summed E-state index contributed by atoms with van der Waals surface area (Å²) in [6.45, 7) is 4.98. The average Bonchev–Trinajstić information content (AvgIpc) is 2.29. The summed E-state index contributed by atoms with van der Waals surface area (Å²) < 4.78 is 0. The highest BCUT2D eigenvalue weighted by Gasteiger charge is 2.15. The van der Waals surface area contributed by atoms with Gasteiger partial charge in [0.1, 0.15) is 17.2 Å². The molecule has 0 aromatic carbocycles. The van der Waals surface area contributed by atoms with Gasteiger partial charge < -0.3 is 5.32 Å². The molecule has 1 unspecified atom stereocenters. The standard InChI is InChI=1S/C11H17Cl2N3/c1-3-8(4-2)9(12)6-15-11-10(13)5-14-7-16-11/h5,7-9H,3-4,6H2,1-2H3,(H,14,15,16). The zero-order valence-corrected chi connectivity index (χ0v) is 11.1. The zero-order chi connectivity index (χ0) is 12.0. The van der Waals surface area contributed by atoms with E-state index in [1.807, 2.05) is 0 Å². The number of hydrogen-bond acceptors (Lipinski definition) is 3. The number of halogens is 2. The molecule has 3 nitrogen and oxygen atoms in total. The van der Waals surface area contributed by atoms with Gasteiger partial charge in [0, 0.05) is 6.54 Å². The minimum Gasteiger partial charge on any atom is -0.367 e. The van der Waals surface area contributed by atoms with E-state index in [9.17, 15) is 0 Å². The molecular weight excluding hydrogens is 245 g/mol. The van der Waals surface area contributed by atoms with Crippen LogP contribution in [0.3, 0.4) is 0 Å². The minimum atomic E-state index is 0.0982. The van der Waals surface area contributed by atoms with Crippen LogP contribution in [0.5, 0.6) is 0 Å². The van der Waals surface area contributed by atoms with Gasteiger partial charge in [0.15, 0.2) is 0 Å². The van der Waals surface area contributed by atoms with Crippen LogP contribution in [0, 0.1) is 5.92 Å². The fourth-order valence-electron chi connectivity index (χ4n) is 1.60. The van der Waals surface area contributed by atoms with Crippen LogP contribution in [0.15, 0.2) is 12.5 Å². The predicted octanol–water partition coefficient (Wildman–Crippen LogP) is 3.59. The lowest BCUT2D eigenvalue weighted by molar-refractivity contribution is 0.475. The summed E-state index contributed by atoms with van der Waals surface area (Å²) >= 11 is 12.2. The molecule has 16 heavy (non-hydrogen) atoms. The van der Waals surface area contributed by atoms with Crippen LogP contribution in [-0.4, -0.2) is 21.9 Å². The Morgan fingerprint density at radius 2 is 2.06 bits per heavy atom. The number of nitrogens with zero attached hydrogens (tertiary/aromatic N) is 2. The molecule has 0 aliphatic rings. The summed E-state index contributed by atoms with van der Waals surface area (Å²) in [5, 5.41) is 3.77. The van der Waals surface area contributed by atoms with Crippen LogP contribution in [-0.2, 0) is 0 Å². The van der Waals surface area contributed by atoms with Gasteiger partial charge in [-0.1, -0.05) is 38.3 Å². The van der Waals surface area contributed by atoms with E-state index in [-0.39, 0.29) is 5.38 Å². The Hall–Kier alpha value is -0.540. The molecule has 0 amide bonds. The van der Waals surface area contributed by atoms with Crippen molar-refractivity contribution in [2.24, 2.45) is 5.92 Å². The molecule has 0 aliphatic carbocycles. The molecule has 90 valence electrons. The molecule has 0 aliphatic heterocycles. The number of hydrogen-bond donors (Lipinski definition) is 1. The molecule has 0 bridgehead atoms. The Kier molecular flexibility index (Phi) is 5.85. The van der Waals surface area contributed by atoms with E-state index < -0.39 is 0 Å². The first-order valence-electron chi connectivity index (χ1n) is 5.52. The Balaban J connectivity index is 2.48. The molecule has 1 aromatic rings. The summed E-state index contributed by atoms with van der Waals surface area (Å²) in [7, 11) is 0. The zero-order valence-electron chi connectivity index (χ0n) is 9.58. The van der Waals surface area contributed by atoms with Gasteiger partial charge in [0.25, 0.3) is 0 Å². The average molecular weight is 262 g/mol.